The van der Waals surface area contributed by atoms with Crippen LogP contribution < -0.4 is 10.0 Å². The smallest absolute Gasteiger partial charge is 0.211 e. The molecule has 0 heterocycles. The van der Waals surface area contributed by atoms with Crippen LogP contribution in [-0.4, -0.2) is 58.3 Å². The molecule has 6 heteroatoms. The van der Waals surface area contributed by atoms with E-state index in [1.807, 2.05) is 0 Å². The molecule has 20 heavy (non-hydrogen) atoms. The molecule has 5 nitrogen and oxygen atoms in total. The molecule has 0 unspecified atom stereocenters. The van der Waals surface area contributed by atoms with Crippen LogP contribution in [0.1, 0.15) is 46.5 Å². The molecule has 0 aliphatic heterocycles. The zero-order chi connectivity index (χ0) is 15.3. The summed E-state index contributed by atoms with van der Waals surface area (Å²) in [6.07, 6.45) is 3.85. The number of sulfonamides is 1. The van der Waals surface area contributed by atoms with Crippen molar-refractivity contribution in [3.8, 4) is 0 Å². The Bertz CT molecular complexity index is 308. The van der Waals surface area contributed by atoms with Crippen LogP contribution in [0.4, 0.5) is 0 Å². The molecule has 2 N–H and O–H groups in total. The van der Waals surface area contributed by atoms with E-state index in [0.29, 0.717) is 6.54 Å². The molecular formula is C14H33N3O2S. The maximum atomic E-state index is 11.8. The predicted octanol–water partition coefficient (Wildman–Crippen LogP) is 1.42. The lowest BCUT2D eigenvalue weighted by molar-refractivity contribution is 0.293. The lowest BCUT2D eigenvalue weighted by atomic mass is 10.3. The molecule has 0 aromatic rings. The normalized spacial score (nSPS) is 12.2. The van der Waals surface area contributed by atoms with Crippen molar-refractivity contribution in [3.05, 3.63) is 0 Å². The van der Waals surface area contributed by atoms with E-state index >= 15 is 0 Å². The molecule has 0 aliphatic carbocycles. The second kappa shape index (κ2) is 12.6. The first-order chi connectivity index (χ1) is 9.55. The summed E-state index contributed by atoms with van der Waals surface area (Å²) >= 11 is 0. The van der Waals surface area contributed by atoms with Crippen molar-refractivity contribution in [2.75, 3.05) is 45.0 Å². The predicted molar refractivity (Wildman–Crippen MR) is 86.6 cm³/mol. The Balaban J connectivity index is 3.68. The van der Waals surface area contributed by atoms with Crippen LogP contribution in [0.3, 0.4) is 0 Å². The van der Waals surface area contributed by atoms with Crippen LogP contribution in [0.15, 0.2) is 0 Å². The number of rotatable bonds is 14. The molecule has 0 bridgehead atoms. The first kappa shape index (κ1) is 19.8. The molecular weight excluding hydrogens is 274 g/mol. The summed E-state index contributed by atoms with van der Waals surface area (Å²) in [6.45, 7) is 11.6. The largest absolute Gasteiger partial charge is 0.317 e. The highest BCUT2D eigenvalue weighted by Crippen LogP contribution is 1.95. The zero-order valence-electron chi connectivity index (χ0n) is 13.5. The van der Waals surface area contributed by atoms with Crippen molar-refractivity contribution in [2.45, 2.75) is 46.5 Å². The molecule has 0 aliphatic rings. The van der Waals surface area contributed by atoms with Gasteiger partial charge in [0.25, 0.3) is 0 Å². The summed E-state index contributed by atoms with van der Waals surface area (Å²) in [7, 11) is -3.10. The summed E-state index contributed by atoms with van der Waals surface area (Å²) in [5, 5.41) is 3.28. The van der Waals surface area contributed by atoms with Gasteiger partial charge in [0, 0.05) is 13.1 Å². The van der Waals surface area contributed by atoms with Gasteiger partial charge in [0.2, 0.25) is 10.0 Å². The second-order valence-corrected chi connectivity index (χ2v) is 7.03. The van der Waals surface area contributed by atoms with Crippen LogP contribution in [0.2, 0.25) is 0 Å². The Labute approximate surface area is 125 Å². The quantitative estimate of drug-likeness (QED) is 0.477. The molecule has 122 valence electrons. The van der Waals surface area contributed by atoms with E-state index in [1.54, 1.807) is 0 Å². The second-order valence-electron chi connectivity index (χ2n) is 5.10. The number of likely N-dealkylation sites (N-methyl/N-ethyl adjacent to an activating group) is 1. The summed E-state index contributed by atoms with van der Waals surface area (Å²) in [6, 6.07) is 0. The van der Waals surface area contributed by atoms with Crippen molar-refractivity contribution in [3.63, 3.8) is 0 Å². The molecule has 0 atom stereocenters. The number of nitrogens with one attached hydrogen (secondary N) is 2. The maximum absolute atomic E-state index is 11.8. The fourth-order valence-corrected chi connectivity index (χ4v) is 3.15. The third kappa shape index (κ3) is 11.6. The fourth-order valence-electron chi connectivity index (χ4n) is 2.02. The summed E-state index contributed by atoms with van der Waals surface area (Å²) in [4.78, 5) is 2.26. The van der Waals surface area contributed by atoms with E-state index in [1.165, 1.54) is 0 Å². The summed E-state index contributed by atoms with van der Waals surface area (Å²) in [5.74, 6) is 0.237. The van der Waals surface area contributed by atoms with E-state index in [2.05, 4.69) is 35.7 Å². The summed E-state index contributed by atoms with van der Waals surface area (Å²) < 4.78 is 26.3. The Kier molecular flexibility index (Phi) is 12.5. The van der Waals surface area contributed by atoms with Crippen molar-refractivity contribution in [2.24, 2.45) is 0 Å². The molecule has 0 fully saturated rings. The van der Waals surface area contributed by atoms with Crippen LogP contribution in [0.25, 0.3) is 0 Å². The molecule has 0 rings (SSSR count). The van der Waals surface area contributed by atoms with E-state index in [4.69, 9.17) is 0 Å². The van der Waals surface area contributed by atoms with Crippen molar-refractivity contribution in [1.82, 2.24) is 14.9 Å². The van der Waals surface area contributed by atoms with Crippen molar-refractivity contribution in [1.29, 1.82) is 0 Å². The average molecular weight is 308 g/mol. The van der Waals surface area contributed by atoms with Crippen LogP contribution in [0, 0.1) is 0 Å². The SMILES string of the molecule is CCCNCCCCS(=O)(=O)NCCN(CC)CCC. The minimum Gasteiger partial charge on any atom is -0.317 e. The van der Waals surface area contributed by atoms with Gasteiger partial charge in [-0.2, -0.15) is 0 Å². The first-order valence-corrected chi connectivity index (χ1v) is 9.61. The van der Waals surface area contributed by atoms with Gasteiger partial charge in [-0.25, -0.2) is 13.1 Å². The highest BCUT2D eigenvalue weighted by Gasteiger charge is 2.09. The van der Waals surface area contributed by atoms with Crippen LogP contribution >= 0.6 is 0 Å². The number of hydrogen-bond acceptors (Lipinski definition) is 4. The molecule has 0 amide bonds. The number of hydrogen-bond donors (Lipinski definition) is 2. The monoisotopic (exact) mass is 307 g/mol. The number of nitrogens with zero attached hydrogens (tertiary/aromatic N) is 1. The van der Waals surface area contributed by atoms with Gasteiger partial charge < -0.3 is 10.2 Å². The lowest BCUT2D eigenvalue weighted by Crippen LogP contribution is -2.36. The van der Waals surface area contributed by atoms with Gasteiger partial charge in [-0.1, -0.05) is 20.8 Å². The van der Waals surface area contributed by atoms with Gasteiger partial charge in [0.1, 0.15) is 0 Å². The maximum Gasteiger partial charge on any atom is 0.211 e. The van der Waals surface area contributed by atoms with E-state index in [0.717, 1.165) is 58.4 Å². The number of unbranched alkanes of at least 4 members (excludes halogenated alkanes) is 1. The van der Waals surface area contributed by atoms with Crippen molar-refractivity contribution >= 4 is 10.0 Å². The standard InChI is InChI=1S/C14H33N3O2S/c1-4-9-15-10-7-8-14-20(18,19)16-11-13-17(6-3)12-5-2/h15-16H,4-14H2,1-3H3. The van der Waals surface area contributed by atoms with Gasteiger partial charge in [-0.3, -0.25) is 0 Å². The molecule has 0 saturated heterocycles. The Morgan fingerprint density at radius 2 is 1.65 bits per heavy atom. The summed E-state index contributed by atoms with van der Waals surface area (Å²) in [5.41, 5.74) is 0. The molecule has 0 radical (unpaired) electrons. The van der Waals surface area contributed by atoms with Gasteiger partial charge >= 0.3 is 0 Å². The van der Waals surface area contributed by atoms with Gasteiger partial charge in [0.05, 0.1) is 5.75 Å². The molecule has 0 aromatic heterocycles. The van der Waals surface area contributed by atoms with Gasteiger partial charge in [-0.15, -0.1) is 0 Å². The Morgan fingerprint density at radius 3 is 2.25 bits per heavy atom. The third-order valence-electron chi connectivity index (χ3n) is 3.18. The van der Waals surface area contributed by atoms with Gasteiger partial charge in [0.15, 0.2) is 0 Å². The van der Waals surface area contributed by atoms with Gasteiger partial charge in [-0.05, 0) is 51.9 Å². The Hall–Kier alpha value is -0.170. The first-order valence-electron chi connectivity index (χ1n) is 7.96. The fraction of sp³-hybridized carbons (Fsp3) is 1.00. The zero-order valence-corrected chi connectivity index (χ0v) is 14.3. The van der Waals surface area contributed by atoms with E-state index in [-0.39, 0.29) is 5.75 Å². The molecule has 0 spiro atoms. The van der Waals surface area contributed by atoms with Crippen LogP contribution in [-0.2, 0) is 10.0 Å². The van der Waals surface area contributed by atoms with Crippen molar-refractivity contribution < 1.29 is 8.42 Å². The Morgan fingerprint density at radius 1 is 0.900 bits per heavy atom. The molecule has 0 saturated carbocycles. The molecule has 0 aromatic carbocycles. The van der Waals surface area contributed by atoms with E-state index in [9.17, 15) is 8.42 Å². The average Bonchev–Trinajstić information content (AvgIpc) is 2.41. The minimum atomic E-state index is -3.10. The highest BCUT2D eigenvalue weighted by molar-refractivity contribution is 7.89. The minimum absolute atomic E-state index is 0.237. The van der Waals surface area contributed by atoms with E-state index < -0.39 is 10.0 Å². The third-order valence-corrected chi connectivity index (χ3v) is 4.65. The highest BCUT2D eigenvalue weighted by atomic mass is 32.2. The lowest BCUT2D eigenvalue weighted by Gasteiger charge is -2.19. The van der Waals surface area contributed by atoms with Crippen LogP contribution in [0.5, 0.6) is 0 Å². The topological polar surface area (TPSA) is 61.4 Å².